The molecule has 1 fully saturated rings. The first-order valence-electron chi connectivity index (χ1n) is 4.57. The Labute approximate surface area is 78.4 Å². The zero-order chi connectivity index (χ0) is 9.26. The topological polar surface area (TPSA) is 25.8 Å². The lowest BCUT2D eigenvalue weighted by Crippen LogP contribution is -1.94. The highest BCUT2D eigenvalue weighted by Crippen LogP contribution is 2.27. The van der Waals surface area contributed by atoms with Crippen LogP contribution < -0.4 is 0 Å². The van der Waals surface area contributed by atoms with Gasteiger partial charge in [-0.25, -0.2) is 9.97 Å². The van der Waals surface area contributed by atoms with Crippen LogP contribution in [0.4, 0.5) is 0 Å². The normalized spacial score (nSPS) is 14.9. The molecule has 1 heterocycles. The lowest BCUT2D eigenvalue weighted by Gasteiger charge is -1.98. The Bertz CT molecular complexity index is 381. The van der Waals surface area contributed by atoms with Crippen LogP contribution in [0.5, 0.6) is 0 Å². The smallest absolute Gasteiger partial charge is 0.119 e. The van der Waals surface area contributed by atoms with E-state index in [-0.39, 0.29) is 0 Å². The van der Waals surface area contributed by atoms with Crippen LogP contribution in [0.25, 0.3) is 0 Å². The number of aromatic nitrogens is 2. The molecule has 0 saturated heterocycles. The average Bonchev–Trinajstić information content (AvgIpc) is 2.91. The van der Waals surface area contributed by atoms with Crippen LogP contribution in [-0.4, -0.2) is 9.97 Å². The molecule has 0 bridgehead atoms. The monoisotopic (exact) mass is 172 g/mol. The summed E-state index contributed by atoms with van der Waals surface area (Å²) in [4.78, 5) is 8.26. The van der Waals surface area contributed by atoms with Crippen molar-refractivity contribution < 1.29 is 0 Å². The van der Waals surface area contributed by atoms with E-state index < -0.39 is 0 Å². The molecule has 1 aliphatic rings. The first kappa shape index (κ1) is 8.25. The zero-order valence-electron chi connectivity index (χ0n) is 7.96. The molecule has 0 unspecified atom stereocenters. The summed E-state index contributed by atoms with van der Waals surface area (Å²) in [5.74, 6) is 6.95. The SMILES string of the molecule is Cc1ncnc(C#CC2CC2)c1C. The van der Waals surface area contributed by atoms with Crippen molar-refractivity contribution in [3.05, 3.63) is 23.3 Å². The maximum atomic E-state index is 4.15. The second kappa shape index (κ2) is 3.18. The van der Waals surface area contributed by atoms with Gasteiger partial charge in [0.05, 0.1) is 0 Å². The van der Waals surface area contributed by atoms with Gasteiger partial charge in [-0.1, -0.05) is 5.92 Å². The van der Waals surface area contributed by atoms with Crippen molar-refractivity contribution >= 4 is 0 Å². The van der Waals surface area contributed by atoms with Crippen LogP contribution >= 0.6 is 0 Å². The van der Waals surface area contributed by atoms with Gasteiger partial charge in [-0.15, -0.1) is 0 Å². The van der Waals surface area contributed by atoms with E-state index in [9.17, 15) is 0 Å². The fourth-order valence-electron chi connectivity index (χ4n) is 1.06. The molecular weight excluding hydrogens is 160 g/mol. The third-order valence-electron chi connectivity index (χ3n) is 2.31. The lowest BCUT2D eigenvalue weighted by atomic mass is 10.2. The molecule has 0 amide bonds. The average molecular weight is 172 g/mol. The van der Waals surface area contributed by atoms with Crippen molar-refractivity contribution in [3.8, 4) is 11.8 Å². The van der Waals surface area contributed by atoms with Crippen molar-refractivity contribution in [2.75, 3.05) is 0 Å². The summed E-state index contributed by atoms with van der Waals surface area (Å²) in [5, 5.41) is 0. The van der Waals surface area contributed by atoms with Crippen LogP contribution in [0.15, 0.2) is 6.33 Å². The van der Waals surface area contributed by atoms with Crippen molar-refractivity contribution in [3.63, 3.8) is 0 Å². The van der Waals surface area contributed by atoms with Gasteiger partial charge < -0.3 is 0 Å². The molecule has 66 valence electrons. The first-order valence-corrected chi connectivity index (χ1v) is 4.57. The Morgan fingerprint density at radius 2 is 2.08 bits per heavy atom. The Kier molecular flexibility index (Phi) is 2.02. The van der Waals surface area contributed by atoms with Gasteiger partial charge in [-0.2, -0.15) is 0 Å². The maximum absolute atomic E-state index is 4.15. The Morgan fingerprint density at radius 3 is 2.77 bits per heavy atom. The van der Waals surface area contributed by atoms with Gasteiger partial charge >= 0.3 is 0 Å². The van der Waals surface area contributed by atoms with Crippen LogP contribution in [-0.2, 0) is 0 Å². The molecule has 1 aromatic heterocycles. The summed E-state index contributed by atoms with van der Waals surface area (Å²) < 4.78 is 0. The second-order valence-electron chi connectivity index (χ2n) is 3.48. The zero-order valence-corrected chi connectivity index (χ0v) is 7.96. The second-order valence-corrected chi connectivity index (χ2v) is 3.48. The standard InChI is InChI=1S/C11H12N2/c1-8-9(2)12-7-13-11(8)6-5-10-3-4-10/h7,10H,3-4H2,1-2H3. The van der Waals surface area contributed by atoms with Gasteiger partial charge in [-0.3, -0.25) is 0 Å². The van der Waals surface area contributed by atoms with Crippen LogP contribution in [0.1, 0.15) is 29.8 Å². The van der Waals surface area contributed by atoms with Crippen LogP contribution in [0.2, 0.25) is 0 Å². The maximum Gasteiger partial charge on any atom is 0.119 e. The highest BCUT2D eigenvalue weighted by Gasteiger charge is 2.17. The van der Waals surface area contributed by atoms with E-state index in [4.69, 9.17) is 0 Å². The molecule has 0 aliphatic heterocycles. The van der Waals surface area contributed by atoms with Gasteiger partial charge in [0.1, 0.15) is 12.0 Å². The summed E-state index contributed by atoms with van der Waals surface area (Å²) in [6, 6.07) is 0. The van der Waals surface area contributed by atoms with Crippen molar-refractivity contribution in [1.29, 1.82) is 0 Å². The molecule has 1 aliphatic carbocycles. The minimum absolute atomic E-state index is 0.634. The molecule has 0 radical (unpaired) electrons. The molecule has 0 spiro atoms. The third kappa shape index (κ3) is 1.86. The number of nitrogens with zero attached hydrogens (tertiary/aromatic N) is 2. The number of aryl methyl sites for hydroxylation is 1. The quantitative estimate of drug-likeness (QED) is 0.558. The van der Waals surface area contributed by atoms with E-state index in [1.807, 2.05) is 13.8 Å². The van der Waals surface area contributed by atoms with Gasteiger partial charge in [0, 0.05) is 17.2 Å². The number of hydrogen-bond acceptors (Lipinski definition) is 2. The van der Waals surface area contributed by atoms with Crippen LogP contribution in [0, 0.1) is 31.6 Å². The molecule has 2 heteroatoms. The lowest BCUT2D eigenvalue weighted by molar-refractivity contribution is 1.04. The van der Waals surface area contributed by atoms with E-state index in [1.165, 1.54) is 12.8 Å². The van der Waals surface area contributed by atoms with E-state index >= 15 is 0 Å². The van der Waals surface area contributed by atoms with E-state index in [2.05, 4.69) is 21.8 Å². The minimum Gasteiger partial charge on any atom is -0.241 e. The van der Waals surface area contributed by atoms with E-state index in [1.54, 1.807) is 6.33 Å². The molecule has 1 aromatic rings. The number of rotatable bonds is 0. The minimum atomic E-state index is 0.634. The van der Waals surface area contributed by atoms with Gasteiger partial charge in [-0.05, 0) is 32.6 Å². The van der Waals surface area contributed by atoms with Crippen molar-refractivity contribution in [2.45, 2.75) is 26.7 Å². The molecule has 2 nitrogen and oxygen atoms in total. The van der Waals surface area contributed by atoms with E-state index in [0.717, 1.165) is 17.0 Å². The Hall–Kier alpha value is -1.36. The van der Waals surface area contributed by atoms with Gasteiger partial charge in [0.25, 0.3) is 0 Å². The largest absolute Gasteiger partial charge is 0.241 e. The first-order chi connectivity index (χ1) is 6.27. The number of hydrogen-bond donors (Lipinski definition) is 0. The highest BCUT2D eigenvalue weighted by atomic mass is 14.8. The third-order valence-corrected chi connectivity index (χ3v) is 2.31. The summed E-state index contributed by atoms with van der Waals surface area (Å²) in [6.07, 6.45) is 4.10. The molecule has 0 aromatic carbocycles. The van der Waals surface area contributed by atoms with Crippen molar-refractivity contribution in [2.24, 2.45) is 5.92 Å². The van der Waals surface area contributed by atoms with Gasteiger partial charge in [0.15, 0.2) is 0 Å². The van der Waals surface area contributed by atoms with Crippen molar-refractivity contribution in [1.82, 2.24) is 9.97 Å². The molecule has 0 atom stereocenters. The summed E-state index contributed by atoms with van der Waals surface area (Å²) in [6.45, 7) is 4.01. The fraction of sp³-hybridized carbons (Fsp3) is 0.455. The molecule has 1 saturated carbocycles. The Morgan fingerprint density at radius 1 is 1.31 bits per heavy atom. The highest BCUT2D eigenvalue weighted by molar-refractivity contribution is 5.37. The molecule has 2 rings (SSSR count). The van der Waals surface area contributed by atoms with Crippen LogP contribution in [0.3, 0.4) is 0 Å². The predicted molar refractivity (Wildman–Crippen MR) is 51.1 cm³/mol. The molecular formula is C11H12N2. The van der Waals surface area contributed by atoms with E-state index in [0.29, 0.717) is 5.92 Å². The summed E-state index contributed by atoms with van der Waals surface area (Å²) >= 11 is 0. The van der Waals surface area contributed by atoms with Gasteiger partial charge in [0.2, 0.25) is 0 Å². The molecule has 0 N–H and O–H groups in total. The Balaban J connectivity index is 2.30. The summed E-state index contributed by atoms with van der Waals surface area (Å²) in [7, 11) is 0. The summed E-state index contributed by atoms with van der Waals surface area (Å²) in [5.41, 5.74) is 3.02. The predicted octanol–water partition coefficient (Wildman–Crippen LogP) is 1.85. The fourth-order valence-corrected chi connectivity index (χ4v) is 1.06. The molecule has 13 heavy (non-hydrogen) atoms.